The summed E-state index contributed by atoms with van der Waals surface area (Å²) in [5.41, 5.74) is 2.61. The molecule has 1 aliphatic heterocycles. The van der Waals surface area contributed by atoms with Gasteiger partial charge in [0, 0.05) is 52.1 Å². The van der Waals surface area contributed by atoms with E-state index in [0.29, 0.717) is 0 Å². The number of aliphatic imine (C=N–C) groups is 1. The lowest BCUT2D eigenvalue weighted by Gasteiger charge is -2.25. The number of likely N-dealkylation sites (N-methyl/N-ethyl adjacent to an activating group) is 1. The van der Waals surface area contributed by atoms with Crippen molar-refractivity contribution in [3.8, 4) is 0 Å². The number of guanidine groups is 1. The van der Waals surface area contributed by atoms with E-state index in [1.54, 1.807) is 7.05 Å². The molecule has 0 aromatic heterocycles. The topological polar surface area (TPSA) is 58.1 Å². The van der Waals surface area contributed by atoms with Crippen LogP contribution < -0.4 is 15.5 Å². The first-order valence-corrected chi connectivity index (χ1v) is 9.69. The molecule has 2 N–H and O–H groups in total. The molecular weight excluding hydrogens is 455 g/mol. The Balaban J connectivity index is 0.00000364. The summed E-state index contributed by atoms with van der Waals surface area (Å²) in [4.78, 5) is 6.67. The first-order valence-electron chi connectivity index (χ1n) is 9.69. The largest absolute Gasteiger partial charge is 0.379 e. The summed E-state index contributed by atoms with van der Waals surface area (Å²) in [5, 5.41) is 6.74. The fourth-order valence-electron chi connectivity index (χ4n) is 3.07. The molecule has 1 unspecified atom stereocenters. The van der Waals surface area contributed by atoms with E-state index in [4.69, 9.17) is 9.47 Å². The zero-order chi connectivity index (χ0) is 18.6. The van der Waals surface area contributed by atoms with E-state index in [1.807, 2.05) is 0 Å². The molecule has 1 heterocycles. The van der Waals surface area contributed by atoms with E-state index >= 15 is 0 Å². The van der Waals surface area contributed by atoms with Crippen LogP contribution in [0.5, 0.6) is 0 Å². The number of benzene rings is 1. The van der Waals surface area contributed by atoms with Crippen molar-refractivity contribution in [2.75, 3.05) is 57.9 Å². The summed E-state index contributed by atoms with van der Waals surface area (Å²) < 4.78 is 11.1. The Morgan fingerprint density at radius 2 is 2.07 bits per heavy atom. The second-order valence-electron chi connectivity index (χ2n) is 6.50. The number of nitrogens with one attached hydrogen (secondary N) is 2. The third-order valence-corrected chi connectivity index (χ3v) is 4.59. The van der Waals surface area contributed by atoms with Gasteiger partial charge < -0.3 is 25.0 Å². The van der Waals surface area contributed by atoms with Crippen LogP contribution in [0.4, 0.5) is 5.69 Å². The average molecular weight is 490 g/mol. The highest BCUT2D eigenvalue weighted by atomic mass is 127. The van der Waals surface area contributed by atoms with Gasteiger partial charge in [-0.05, 0) is 38.3 Å². The normalized spacial score (nSPS) is 16.7. The molecule has 1 aromatic rings. The quantitative estimate of drug-likeness (QED) is 0.229. The number of anilines is 1. The minimum atomic E-state index is 0. The fraction of sp³-hybridized carbons (Fsp3) is 0.650. The van der Waals surface area contributed by atoms with E-state index < -0.39 is 0 Å². The van der Waals surface area contributed by atoms with Crippen molar-refractivity contribution in [3.63, 3.8) is 0 Å². The van der Waals surface area contributed by atoms with Gasteiger partial charge in [0.15, 0.2) is 5.96 Å². The maximum absolute atomic E-state index is 5.77. The van der Waals surface area contributed by atoms with E-state index in [1.165, 1.54) is 11.3 Å². The molecule has 27 heavy (non-hydrogen) atoms. The van der Waals surface area contributed by atoms with Crippen LogP contribution in [-0.4, -0.2) is 65.1 Å². The maximum Gasteiger partial charge on any atom is 0.191 e. The molecular formula is C20H35IN4O2. The van der Waals surface area contributed by atoms with Gasteiger partial charge in [0.25, 0.3) is 0 Å². The zero-order valence-corrected chi connectivity index (χ0v) is 19.2. The van der Waals surface area contributed by atoms with Crippen molar-refractivity contribution < 1.29 is 9.47 Å². The van der Waals surface area contributed by atoms with Crippen molar-refractivity contribution >= 4 is 35.6 Å². The predicted molar refractivity (Wildman–Crippen MR) is 124 cm³/mol. The molecule has 1 aromatic carbocycles. The van der Waals surface area contributed by atoms with Gasteiger partial charge in [-0.1, -0.05) is 18.2 Å². The van der Waals surface area contributed by atoms with E-state index in [9.17, 15) is 0 Å². The van der Waals surface area contributed by atoms with Gasteiger partial charge in [-0.15, -0.1) is 24.0 Å². The highest BCUT2D eigenvalue weighted by molar-refractivity contribution is 14.0. The summed E-state index contributed by atoms with van der Waals surface area (Å²) in [6.07, 6.45) is 2.27. The third kappa shape index (κ3) is 8.66. The number of aryl methyl sites for hydroxylation is 1. The van der Waals surface area contributed by atoms with E-state index in [0.717, 1.165) is 64.8 Å². The lowest BCUT2D eigenvalue weighted by Crippen LogP contribution is -2.42. The van der Waals surface area contributed by atoms with Crippen LogP contribution in [-0.2, 0) is 9.47 Å². The van der Waals surface area contributed by atoms with Crippen molar-refractivity contribution in [1.82, 2.24) is 10.6 Å². The Hall–Kier alpha value is -1.06. The molecule has 1 saturated heterocycles. The fourth-order valence-corrected chi connectivity index (χ4v) is 3.07. The second-order valence-corrected chi connectivity index (χ2v) is 6.50. The van der Waals surface area contributed by atoms with Gasteiger partial charge in [-0.2, -0.15) is 0 Å². The van der Waals surface area contributed by atoms with Gasteiger partial charge >= 0.3 is 0 Å². The molecule has 0 aliphatic carbocycles. The molecule has 0 radical (unpaired) electrons. The standard InChI is InChI=1S/C20H34N4O2.HI/c1-4-24(19-9-6-5-8-17(19)2)13-12-23-20(21-3)22-11-7-14-26-18-10-15-25-16-18;/h5-6,8-9,18H,4,7,10-16H2,1-3H3,(H2,21,22,23);1H. The van der Waals surface area contributed by atoms with Gasteiger partial charge in [-0.25, -0.2) is 0 Å². The SMILES string of the molecule is CCN(CCNC(=NC)NCCCOC1CCOC1)c1ccccc1C.I. The summed E-state index contributed by atoms with van der Waals surface area (Å²) >= 11 is 0. The number of halogens is 1. The van der Waals surface area contributed by atoms with Crippen LogP contribution in [0, 0.1) is 6.92 Å². The Bertz CT molecular complexity index is 551. The van der Waals surface area contributed by atoms with E-state index in [2.05, 4.69) is 58.6 Å². The number of hydrogen-bond donors (Lipinski definition) is 2. The Morgan fingerprint density at radius 3 is 2.74 bits per heavy atom. The van der Waals surface area contributed by atoms with Crippen molar-refractivity contribution in [1.29, 1.82) is 0 Å². The molecule has 2 rings (SSSR count). The highest BCUT2D eigenvalue weighted by Crippen LogP contribution is 2.18. The van der Waals surface area contributed by atoms with Crippen molar-refractivity contribution in [3.05, 3.63) is 29.8 Å². The lowest BCUT2D eigenvalue weighted by atomic mass is 10.2. The second kappa shape index (κ2) is 14.0. The highest BCUT2D eigenvalue weighted by Gasteiger charge is 2.15. The molecule has 0 bridgehead atoms. The first kappa shape index (κ1) is 24.0. The first-order chi connectivity index (χ1) is 12.7. The van der Waals surface area contributed by atoms with Crippen LogP contribution in [0.15, 0.2) is 29.3 Å². The smallest absolute Gasteiger partial charge is 0.191 e. The monoisotopic (exact) mass is 490 g/mol. The average Bonchev–Trinajstić information content (AvgIpc) is 3.17. The summed E-state index contributed by atoms with van der Waals surface area (Å²) in [5.74, 6) is 0.843. The minimum Gasteiger partial charge on any atom is -0.379 e. The predicted octanol–water partition coefficient (Wildman–Crippen LogP) is 2.80. The van der Waals surface area contributed by atoms with Crippen LogP contribution in [0.3, 0.4) is 0 Å². The molecule has 6 nitrogen and oxygen atoms in total. The van der Waals surface area contributed by atoms with Gasteiger partial charge in [0.1, 0.15) is 0 Å². The summed E-state index contributed by atoms with van der Waals surface area (Å²) in [6, 6.07) is 8.52. The number of hydrogen-bond acceptors (Lipinski definition) is 4. The number of ether oxygens (including phenoxy) is 2. The zero-order valence-electron chi connectivity index (χ0n) is 16.9. The lowest BCUT2D eigenvalue weighted by molar-refractivity contribution is 0.0420. The van der Waals surface area contributed by atoms with Crippen LogP contribution in [0.25, 0.3) is 0 Å². The van der Waals surface area contributed by atoms with E-state index in [-0.39, 0.29) is 30.1 Å². The Kier molecular flexibility index (Phi) is 12.4. The molecule has 1 fully saturated rings. The van der Waals surface area contributed by atoms with Crippen LogP contribution >= 0.6 is 24.0 Å². The van der Waals surface area contributed by atoms with Crippen molar-refractivity contribution in [2.24, 2.45) is 4.99 Å². The van der Waals surface area contributed by atoms with Gasteiger partial charge in [0.05, 0.1) is 12.7 Å². The molecule has 0 saturated carbocycles. The minimum absolute atomic E-state index is 0. The third-order valence-electron chi connectivity index (χ3n) is 4.59. The van der Waals surface area contributed by atoms with Gasteiger partial charge in [0.2, 0.25) is 0 Å². The Labute approximate surface area is 181 Å². The van der Waals surface area contributed by atoms with Crippen LogP contribution in [0.1, 0.15) is 25.3 Å². The number of rotatable bonds is 10. The molecule has 1 aliphatic rings. The number of nitrogens with zero attached hydrogens (tertiary/aromatic N) is 2. The van der Waals surface area contributed by atoms with Gasteiger partial charge in [-0.3, -0.25) is 4.99 Å². The molecule has 0 spiro atoms. The molecule has 7 heteroatoms. The molecule has 0 amide bonds. The Morgan fingerprint density at radius 1 is 1.30 bits per heavy atom. The molecule has 154 valence electrons. The molecule has 1 atom stereocenters. The maximum atomic E-state index is 5.77. The number of para-hydroxylation sites is 1. The summed E-state index contributed by atoms with van der Waals surface area (Å²) in [6.45, 7) is 10.3. The van der Waals surface area contributed by atoms with Crippen molar-refractivity contribution in [2.45, 2.75) is 32.8 Å². The van der Waals surface area contributed by atoms with Crippen LogP contribution in [0.2, 0.25) is 0 Å². The summed E-state index contributed by atoms with van der Waals surface area (Å²) in [7, 11) is 1.81.